The van der Waals surface area contributed by atoms with Gasteiger partial charge in [0, 0.05) is 23.8 Å². The van der Waals surface area contributed by atoms with Gasteiger partial charge in [0.25, 0.3) is 6.43 Å². The van der Waals surface area contributed by atoms with E-state index in [0.717, 1.165) is 35.4 Å². The van der Waals surface area contributed by atoms with Crippen molar-refractivity contribution in [3.05, 3.63) is 109 Å². The van der Waals surface area contributed by atoms with Gasteiger partial charge >= 0.3 is 17.9 Å². The summed E-state index contributed by atoms with van der Waals surface area (Å²) < 4.78 is 48.3. The highest BCUT2D eigenvalue weighted by molar-refractivity contribution is 5.87. The molecule has 0 unspecified atom stereocenters. The topological polar surface area (TPSA) is 88.1 Å². The molecule has 0 aliphatic rings. The molecule has 40 heavy (non-hydrogen) atoms. The van der Waals surface area contributed by atoms with Gasteiger partial charge in [0.05, 0.1) is 7.11 Å². The molecular weight excluding hydrogens is 522 g/mol. The summed E-state index contributed by atoms with van der Waals surface area (Å²) in [5, 5.41) is 0. The van der Waals surface area contributed by atoms with Gasteiger partial charge in [-0.3, -0.25) is 0 Å². The van der Waals surface area contributed by atoms with Crippen LogP contribution >= 0.6 is 0 Å². The first-order valence-electron chi connectivity index (χ1n) is 11.6. The van der Waals surface area contributed by atoms with Crippen molar-refractivity contribution >= 4 is 30.1 Å². The number of alkyl halides is 2. The number of carbonyl (C=O) groups is 3. The molecule has 3 aromatic rings. The van der Waals surface area contributed by atoms with Crippen LogP contribution in [0, 0.1) is 0 Å². The van der Waals surface area contributed by atoms with Crippen LogP contribution in [-0.2, 0) is 14.4 Å². The first-order valence-corrected chi connectivity index (χ1v) is 11.6. The van der Waals surface area contributed by atoms with E-state index >= 15 is 0 Å². The van der Waals surface area contributed by atoms with Crippen molar-refractivity contribution in [2.24, 2.45) is 0 Å². The lowest BCUT2D eigenvalue weighted by Crippen LogP contribution is -2.09. The number of hydrogen-bond acceptors (Lipinski definition) is 7. The Morgan fingerprint density at radius 1 is 0.675 bits per heavy atom. The van der Waals surface area contributed by atoms with Gasteiger partial charge in [0.1, 0.15) is 0 Å². The van der Waals surface area contributed by atoms with Crippen LogP contribution in [0.5, 0.6) is 23.0 Å². The second kappa shape index (κ2) is 13.5. The number of carbonyl (C=O) groups excluding carboxylic acids is 3. The van der Waals surface area contributed by atoms with Crippen LogP contribution in [0.2, 0.25) is 0 Å². The van der Waals surface area contributed by atoms with Crippen molar-refractivity contribution in [1.82, 2.24) is 0 Å². The van der Waals surface area contributed by atoms with E-state index in [4.69, 9.17) is 18.9 Å². The Balaban J connectivity index is 1.94. The zero-order valence-electron chi connectivity index (χ0n) is 21.4. The fraction of sp³-hybridized carbons (Fsp3) is 0.0645. The first kappa shape index (κ1) is 29.2. The Labute approximate surface area is 229 Å². The molecule has 0 atom stereocenters. The molecule has 204 valence electrons. The predicted molar refractivity (Wildman–Crippen MR) is 146 cm³/mol. The lowest BCUT2D eigenvalue weighted by atomic mass is 10.0. The van der Waals surface area contributed by atoms with E-state index < -0.39 is 29.9 Å². The number of ether oxygens (including phenoxy) is 4. The molecule has 0 fully saturated rings. The summed E-state index contributed by atoms with van der Waals surface area (Å²) in [4.78, 5) is 35.1. The molecule has 9 heteroatoms. The number of halogens is 2. The maximum Gasteiger partial charge on any atom is 0.335 e. The molecule has 0 N–H and O–H groups in total. The molecule has 0 aliphatic heterocycles. The van der Waals surface area contributed by atoms with Crippen molar-refractivity contribution in [1.29, 1.82) is 0 Å². The van der Waals surface area contributed by atoms with E-state index in [1.165, 1.54) is 19.3 Å². The molecule has 0 amide bonds. The summed E-state index contributed by atoms with van der Waals surface area (Å²) in [5.74, 6) is -2.43. The average Bonchev–Trinajstić information content (AvgIpc) is 2.96. The highest BCUT2D eigenvalue weighted by atomic mass is 19.3. The van der Waals surface area contributed by atoms with Gasteiger partial charge in [-0.2, -0.15) is 0 Å². The molecule has 0 saturated carbocycles. The normalized spacial score (nSPS) is 10.6. The van der Waals surface area contributed by atoms with Crippen molar-refractivity contribution < 1.29 is 42.1 Å². The second-order valence-corrected chi connectivity index (χ2v) is 7.93. The fourth-order valence-corrected chi connectivity index (χ4v) is 3.44. The Morgan fingerprint density at radius 3 is 1.68 bits per heavy atom. The second-order valence-electron chi connectivity index (χ2n) is 7.93. The van der Waals surface area contributed by atoms with E-state index in [-0.39, 0.29) is 22.8 Å². The lowest BCUT2D eigenvalue weighted by molar-refractivity contribution is -0.131. The summed E-state index contributed by atoms with van der Waals surface area (Å²) in [5.41, 5.74) is 1.78. The fourth-order valence-electron chi connectivity index (χ4n) is 3.44. The van der Waals surface area contributed by atoms with Gasteiger partial charge in [-0.15, -0.1) is 0 Å². The van der Waals surface area contributed by atoms with Crippen LogP contribution in [0.25, 0.3) is 23.3 Å². The summed E-state index contributed by atoms with van der Waals surface area (Å²) in [6.45, 7) is 9.95. The van der Waals surface area contributed by atoms with Gasteiger partial charge in [0.15, 0.2) is 23.0 Å². The van der Waals surface area contributed by atoms with Crippen LogP contribution < -0.4 is 18.9 Å². The number of methoxy groups -OCH3 is 1. The molecule has 3 aromatic carbocycles. The van der Waals surface area contributed by atoms with E-state index in [0.29, 0.717) is 11.3 Å². The summed E-state index contributed by atoms with van der Waals surface area (Å²) >= 11 is 0. The third kappa shape index (κ3) is 7.38. The van der Waals surface area contributed by atoms with Crippen LogP contribution in [0.4, 0.5) is 8.78 Å². The molecule has 0 spiro atoms. The molecule has 0 radical (unpaired) electrons. The standard InChI is InChI=1S/C31H24F2O7/c1-5-28(34)38-25-16-21(14-15-24(25)37-4)20-11-8-19(9-12-20)10-13-22-17-26(39-29(35)6-2)27(40-30(36)7-3)18-23(22)31(32)33/h5-18,31H,1-3H2,4H3/b13-10+. The Bertz CT molecular complexity index is 1490. The number of esters is 3. The molecule has 0 saturated heterocycles. The van der Waals surface area contributed by atoms with Crippen LogP contribution in [0.3, 0.4) is 0 Å². The zero-order chi connectivity index (χ0) is 29.2. The maximum absolute atomic E-state index is 13.9. The molecule has 7 nitrogen and oxygen atoms in total. The molecule has 0 aliphatic carbocycles. The number of rotatable bonds is 11. The first-order chi connectivity index (χ1) is 19.2. The minimum atomic E-state index is -2.92. The highest BCUT2D eigenvalue weighted by Crippen LogP contribution is 2.37. The highest BCUT2D eigenvalue weighted by Gasteiger charge is 2.20. The average molecular weight is 547 g/mol. The van der Waals surface area contributed by atoms with Crippen molar-refractivity contribution in [2.45, 2.75) is 6.43 Å². The SMILES string of the molecule is C=CC(=O)Oc1cc(-c2ccc(/C=C/c3cc(OC(=O)C=C)c(OC(=O)C=C)cc3C(F)F)cc2)ccc1OC. The van der Waals surface area contributed by atoms with E-state index in [1.54, 1.807) is 48.5 Å². The van der Waals surface area contributed by atoms with Gasteiger partial charge in [-0.25, -0.2) is 23.2 Å². The summed E-state index contributed by atoms with van der Waals surface area (Å²) in [6, 6.07) is 14.3. The molecule has 0 bridgehead atoms. The van der Waals surface area contributed by atoms with E-state index in [2.05, 4.69) is 19.7 Å². The van der Waals surface area contributed by atoms with Gasteiger partial charge in [0.2, 0.25) is 0 Å². The number of hydrogen-bond donors (Lipinski definition) is 0. The maximum atomic E-state index is 13.9. The largest absolute Gasteiger partial charge is 0.493 e. The van der Waals surface area contributed by atoms with Crippen LogP contribution in [0.1, 0.15) is 23.1 Å². The Morgan fingerprint density at radius 2 is 1.18 bits per heavy atom. The summed E-state index contributed by atoms with van der Waals surface area (Å²) in [6.07, 6.45) is 2.85. The zero-order valence-corrected chi connectivity index (χ0v) is 21.4. The van der Waals surface area contributed by atoms with Crippen molar-refractivity contribution in [3.8, 4) is 34.1 Å². The predicted octanol–water partition coefficient (Wildman–Crippen LogP) is 6.74. The molecule has 3 rings (SSSR count). The molecule has 0 heterocycles. The molecular formula is C31H24F2O7. The van der Waals surface area contributed by atoms with Gasteiger partial charge in [-0.1, -0.05) is 62.2 Å². The van der Waals surface area contributed by atoms with Gasteiger partial charge in [-0.05, 0) is 46.5 Å². The van der Waals surface area contributed by atoms with Crippen LogP contribution in [-0.4, -0.2) is 25.0 Å². The number of benzene rings is 3. The summed E-state index contributed by atoms with van der Waals surface area (Å²) in [7, 11) is 1.45. The van der Waals surface area contributed by atoms with Crippen LogP contribution in [0.15, 0.2) is 92.6 Å². The van der Waals surface area contributed by atoms with E-state index in [9.17, 15) is 23.2 Å². The van der Waals surface area contributed by atoms with Gasteiger partial charge < -0.3 is 18.9 Å². The van der Waals surface area contributed by atoms with Crippen molar-refractivity contribution in [2.75, 3.05) is 7.11 Å². The Hall–Kier alpha value is -5.31. The van der Waals surface area contributed by atoms with Crippen molar-refractivity contribution in [3.63, 3.8) is 0 Å². The minimum Gasteiger partial charge on any atom is -0.493 e. The quantitative estimate of drug-likeness (QED) is 0.114. The van der Waals surface area contributed by atoms with E-state index in [1.807, 2.05) is 0 Å². The third-order valence-electron chi connectivity index (χ3n) is 5.38. The smallest absolute Gasteiger partial charge is 0.335 e. The monoisotopic (exact) mass is 546 g/mol. The molecule has 0 aromatic heterocycles. The minimum absolute atomic E-state index is 0.0353. The lowest BCUT2D eigenvalue weighted by Gasteiger charge is -2.13. The third-order valence-corrected chi connectivity index (χ3v) is 5.38. The Kier molecular flexibility index (Phi) is 9.85.